The maximum absolute atomic E-state index is 12.3. The molecule has 0 atom stereocenters. The quantitative estimate of drug-likeness (QED) is 0.571. The Morgan fingerprint density at radius 1 is 1.12 bits per heavy atom. The van der Waals surface area contributed by atoms with Gasteiger partial charge in [0.05, 0.1) is 6.20 Å². The Bertz CT molecular complexity index is 1090. The Morgan fingerprint density at radius 3 is 2.76 bits per heavy atom. The van der Waals surface area contributed by atoms with Crippen LogP contribution in [-0.2, 0) is 5.75 Å². The monoisotopic (exact) mass is 348 g/mol. The van der Waals surface area contributed by atoms with E-state index in [1.54, 1.807) is 6.20 Å². The summed E-state index contributed by atoms with van der Waals surface area (Å²) in [6.45, 7) is 2.07. The molecule has 0 bridgehead atoms. The van der Waals surface area contributed by atoms with Crippen molar-refractivity contribution in [2.75, 3.05) is 0 Å². The fourth-order valence-corrected chi connectivity index (χ4v) is 3.50. The predicted octanol–water partition coefficient (Wildman–Crippen LogP) is 3.69. The second-order valence-electron chi connectivity index (χ2n) is 5.78. The topological polar surface area (TPSA) is 63.1 Å². The lowest BCUT2D eigenvalue weighted by Gasteiger charge is -2.04. The van der Waals surface area contributed by atoms with E-state index in [0.29, 0.717) is 10.8 Å². The van der Waals surface area contributed by atoms with Crippen LogP contribution in [0, 0.1) is 6.92 Å². The molecule has 2 heterocycles. The smallest absolute Gasteiger partial charge is 0.285 e. The molecule has 4 aromatic rings. The number of aryl methyl sites for hydroxylation is 1. The summed E-state index contributed by atoms with van der Waals surface area (Å²) in [7, 11) is 0. The first-order valence-corrected chi connectivity index (χ1v) is 8.91. The Morgan fingerprint density at radius 2 is 1.96 bits per heavy atom. The van der Waals surface area contributed by atoms with Crippen LogP contribution in [0.3, 0.4) is 0 Å². The van der Waals surface area contributed by atoms with E-state index in [1.807, 2.05) is 36.4 Å². The van der Waals surface area contributed by atoms with Crippen molar-refractivity contribution >= 4 is 17.4 Å². The van der Waals surface area contributed by atoms with Gasteiger partial charge in [0.25, 0.3) is 0 Å². The van der Waals surface area contributed by atoms with Crippen LogP contribution < -0.4 is 5.69 Å². The molecule has 0 aliphatic rings. The van der Waals surface area contributed by atoms with Gasteiger partial charge in [0.15, 0.2) is 10.8 Å². The number of aromatic nitrogens is 4. The van der Waals surface area contributed by atoms with Gasteiger partial charge in [-0.15, -0.1) is 0 Å². The van der Waals surface area contributed by atoms with Crippen LogP contribution in [0.2, 0.25) is 0 Å². The molecule has 0 spiro atoms. The molecule has 4 rings (SSSR count). The molecular formula is C19H16N4OS. The molecular weight excluding hydrogens is 332 g/mol. The van der Waals surface area contributed by atoms with E-state index in [9.17, 15) is 4.79 Å². The largest absolute Gasteiger partial charge is 0.350 e. The zero-order valence-corrected chi connectivity index (χ0v) is 14.5. The van der Waals surface area contributed by atoms with Gasteiger partial charge in [0.1, 0.15) is 0 Å². The maximum atomic E-state index is 12.3. The second kappa shape index (κ2) is 6.57. The van der Waals surface area contributed by atoms with Crippen molar-refractivity contribution in [3.8, 4) is 11.1 Å². The second-order valence-corrected chi connectivity index (χ2v) is 6.75. The minimum Gasteiger partial charge on any atom is -0.285 e. The first kappa shape index (κ1) is 15.7. The van der Waals surface area contributed by atoms with Crippen LogP contribution in [0.4, 0.5) is 0 Å². The van der Waals surface area contributed by atoms with Gasteiger partial charge < -0.3 is 0 Å². The highest BCUT2D eigenvalue weighted by Gasteiger charge is 2.12. The minimum absolute atomic E-state index is 0.279. The lowest BCUT2D eigenvalue weighted by molar-refractivity contribution is 0.786. The van der Waals surface area contributed by atoms with Crippen LogP contribution in [0.5, 0.6) is 0 Å². The highest BCUT2D eigenvalue weighted by atomic mass is 32.2. The number of rotatable bonds is 4. The van der Waals surface area contributed by atoms with Crippen molar-refractivity contribution in [3.05, 3.63) is 82.4 Å². The fourth-order valence-electron chi connectivity index (χ4n) is 2.71. The van der Waals surface area contributed by atoms with E-state index < -0.39 is 0 Å². The predicted molar refractivity (Wildman–Crippen MR) is 99.8 cm³/mol. The number of benzene rings is 2. The van der Waals surface area contributed by atoms with Crippen molar-refractivity contribution in [3.63, 3.8) is 0 Å². The number of H-pyrrole nitrogens is 1. The van der Waals surface area contributed by atoms with Gasteiger partial charge in [-0.25, -0.2) is 9.78 Å². The minimum atomic E-state index is -0.279. The van der Waals surface area contributed by atoms with Gasteiger partial charge in [-0.2, -0.15) is 9.61 Å². The summed E-state index contributed by atoms with van der Waals surface area (Å²) < 4.78 is 1.30. The average molecular weight is 348 g/mol. The van der Waals surface area contributed by atoms with Crippen LogP contribution in [0.1, 0.15) is 11.1 Å². The number of nitrogens with zero attached hydrogens (tertiary/aromatic N) is 3. The highest BCUT2D eigenvalue weighted by molar-refractivity contribution is 7.98. The van der Waals surface area contributed by atoms with Crippen LogP contribution in [0.25, 0.3) is 16.8 Å². The standard InChI is InChI=1S/C19H16N4OS/c1-13-6-5-7-14(10-13)12-25-18-21-17-16(15-8-3-2-4-9-15)11-20-23(17)19(24)22-18/h2-11H,12H2,1H3,(H,21,22,24). The fraction of sp³-hybridized carbons (Fsp3) is 0.105. The van der Waals surface area contributed by atoms with E-state index in [-0.39, 0.29) is 5.69 Å². The Kier molecular flexibility index (Phi) is 4.11. The number of nitrogens with one attached hydrogen (secondary N) is 1. The number of hydrogen-bond acceptors (Lipinski definition) is 4. The van der Waals surface area contributed by atoms with E-state index in [1.165, 1.54) is 27.4 Å². The number of hydrogen-bond donors (Lipinski definition) is 1. The molecule has 5 nitrogen and oxygen atoms in total. The third kappa shape index (κ3) is 3.21. The lowest BCUT2D eigenvalue weighted by atomic mass is 10.1. The number of aromatic amines is 1. The van der Waals surface area contributed by atoms with Crippen LogP contribution >= 0.6 is 11.8 Å². The summed E-state index contributed by atoms with van der Waals surface area (Å²) in [6, 6.07) is 18.2. The maximum Gasteiger partial charge on any atom is 0.350 e. The molecule has 0 amide bonds. The molecule has 0 aliphatic carbocycles. The Hall–Kier alpha value is -2.86. The van der Waals surface area contributed by atoms with E-state index in [2.05, 4.69) is 40.2 Å². The summed E-state index contributed by atoms with van der Waals surface area (Å²) in [5, 5.41) is 4.76. The molecule has 1 N–H and O–H groups in total. The van der Waals surface area contributed by atoms with Gasteiger partial charge in [0, 0.05) is 11.3 Å². The summed E-state index contributed by atoms with van der Waals surface area (Å²) in [6.07, 6.45) is 1.68. The molecule has 6 heteroatoms. The first-order valence-electron chi connectivity index (χ1n) is 7.92. The zero-order valence-electron chi connectivity index (χ0n) is 13.6. The third-order valence-corrected chi connectivity index (χ3v) is 4.84. The lowest BCUT2D eigenvalue weighted by Crippen LogP contribution is -2.19. The molecule has 2 aromatic heterocycles. The van der Waals surface area contributed by atoms with Gasteiger partial charge in [-0.1, -0.05) is 71.9 Å². The van der Waals surface area contributed by atoms with Crippen LogP contribution in [-0.4, -0.2) is 19.6 Å². The summed E-state index contributed by atoms with van der Waals surface area (Å²) in [4.78, 5) is 19.7. The van der Waals surface area contributed by atoms with Crippen molar-refractivity contribution < 1.29 is 0 Å². The average Bonchev–Trinajstić information content (AvgIpc) is 3.05. The Balaban J connectivity index is 1.70. The zero-order chi connectivity index (χ0) is 17.2. The molecule has 2 aromatic carbocycles. The highest BCUT2D eigenvalue weighted by Crippen LogP contribution is 2.24. The molecule has 0 fully saturated rings. The van der Waals surface area contributed by atoms with Gasteiger partial charge in [-0.05, 0) is 18.1 Å². The van der Waals surface area contributed by atoms with Crippen molar-refractivity contribution in [2.24, 2.45) is 0 Å². The SMILES string of the molecule is Cc1cccc(CSc2nc3c(-c4ccccc4)cnn3c(=O)[nH]2)c1. The van der Waals surface area contributed by atoms with Crippen molar-refractivity contribution in [2.45, 2.75) is 17.8 Å². The molecule has 25 heavy (non-hydrogen) atoms. The summed E-state index contributed by atoms with van der Waals surface area (Å²) in [5.41, 5.74) is 4.55. The van der Waals surface area contributed by atoms with Gasteiger partial charge in [0.2, 0.25) is 0 Å². The summed E-state index contributed by atoms with van der Waals surface area (Å²) in [5.74, 6) is 0.746. The van der Waals surface area contributed by atoms with Crippen molar-refractivity contribution in [1.82, 2.24) is 19.6 Å². The normalized spacial score (nSPS) is 11.1. The van der Waals surface area contributed by atoms with E-state index in [0.717, 1.165) is 16.9 Å². The molecule has 0 saturated heterocycles. The number of thioether (sulfide) groups is 1. The van der Waals surface area contributed by atoms with Gasteiger partial charge in [-0.3, -0.25) is 4.98 Å². The molecule has 0 saturated carbocycles. The van der Waals surface area contributed by atoms with Gasteiger partial charge >= 0.3 is 5.69 Å². The van der Waals surface area contributed by atoms with Crippen molar-refractivity contribution in [1.29, 1.82) is 0 Å². The van der Waals surface area contributed by atoms with E-state index in [4.69, 9.17) is 0 Å². The Labute approximate surface area is 148 Å². The molecule has 0 unspecified atom stereocenters. The van der Waals surface area contributed by atoms with Crippen LogP contribution in [0.15, 0.2) is 70.7 Å². The molecule has 0 aliphatic heterocycles. The summed E-state index contributed by atoms with van der Waals surface area (Å²) >= 11 is 1.51. The number of fused-ring (bicyclic) bond motifs is 1. The first-order chi connectivity index (χ1) is 12.2. The molecule has 0 radical (unpaired) electrons. The third-order valence-electron chi connectivity index (χ3n) is 3.90. The van der Waals surface area contributed by atoms with E-state index >= 15 is 0 Å². The molecule has 124 valence electrons.